The fraction of sp³-hybridized carbons (Fsp3) is 0.667. The van der Waals surface area contributed by atoms with E-state index >= 15 is 0 Å². The van der Waals surface area contributed by atoms with Crippen LogP contribution >= 0.6 is 15.9 Å². The molecule has 5 nitrogen and oxygen atoms in total. The van der Waals surface area contributed by atoms with Crippen molar-refractivity contribution in [3.05, 3.63) is 10.7 Å². The Balaban J connectivity index is 2.26. The molecule has 0 saturated carbocycles. The molecule has 2 rings (SSSR count). The second kappa shape index (κ2) is 6.33. The Bertz CT molecular complexity index is 402. The SMILES string of the molecule is CCNc1ncc(Br)c(N2CCCCC2CO)n1. The largest absolute Gasteiger partial charge is 0.394 e. The average molecular weight is 315 g/mol. The molecule has 1 aromatic heterocycles. The highest BCUT2D eigenvalue weighted by Gasteiger charge is 2.24. The minimum absolute atomic E-state index is 0.166. The topological polar surface area (TPSA) is 61.3 Å². The molecule has 1 fully saturated rings. The summed E-state index contributed by atoms with van der Waals surface area (Å²) in [6.07, 6.45) is 5.10. The Morgan fingerprint density at radius 1 is 1.56 bits per heavy atom. The number of hydrogen-bond acceptors (Lipinski definition) is 5. The molecule has 1 unspecified atom stereocenters. The van der Waals surface area contributed by atoms with Crippen molar-refractivity contribution in [3.8, 4) is 0 Å². The Kier molecular flexibility index (Phi) is 4.77. The van der Waals surface area contributed by atoms with E-state index < -0.39 is 0 Å². The molecule has 1 aliphatic rings. The summed E-state index contributed by atoms with van der Waals surface area (Å²) in [5.74, 6) is 1.51. The predicted octanol–water partition coefficient (Wildman–Crippen LogP) is 2.02. The van der Waals surface area contributed by atoms with Crippen LogP contribution in [0.5, 0.6) is 0 Å². The summed E-state index contributed by atoms with van der Waals surface area (Å²) in [7, 11) is 0. The summed E-state index contributed by atoms with van der Waals surface area (Å²) < 4.78 is 0.879. The molecule has 1 aromatic rings. The van der Waals surface area contributed by atoms with Crippen LogP contribution in [0.1, 0.15) is 26.2 Å². The zero-order valence-corrected chi connectivity index (χ0v) is 12.2. The third-order valence-corrected chi connectivity index (χ3v) is 3.73. The Morgan fingerprint density at radius 2 is 2.39 bits per heavy atom. The maximum Gasteiger partial charge on any atom is 0.224 e. The van der Waals surface area contributed by atoms with Gasteiger partial charge in [-0.05, 0) is 42.1 Å². The highest BCUT2D eigenvalue weighted by atomic mass is 79.9. The molecule has 1 saturated heterocycles. The molecule has 1 atom stereocenters. The summed E-state index contributed by atoms with van der Waals surface area (Å²) in [5, 5.41) is 12.6. The zero-order chi connectivity index (χ0) is 13.0. The van der Waals surface area contributed by atoms with E-state index in [0.717, 1.165) is 36.2 Å². The standard InChI is InChI=1S/C12H19BrN4O/c1-2-14-12-15-7-10(13)11(16-12)17-6-4-3-5-9(17)8-18/h7,9,18H,2-6,8H2,1H3,(H,14,15,16). The van der Waals surface area contributed by atoms with Gasteiger partial charge in [-0.25, -0.2) is 4.98 Å². The van der Waals surface area contributed by atoms with Crippen LogP contribution in [0.4, 0.5) is 11.8 Å². The van der Waals surface area contributed by atoms with E-state index in [-0.39, 0.29) is 12.6 Å². The molecule has 100 valence electrons. The molecule has 1 aliphatic heterocycles. The number of aliphatic hydroxyl groups is 1. The van der Waals surface area contributed by atoms with E-state index in [0.29, 0.717) is 5.95 Å². The van der Waals surface area contributed by atoms with Crippen LogP contribution in [-0.4, -0.2) is 40.8 Å². The number of rotatable bonds is 4. The second-order valence-electron chi connectivity index (χ2n) is 4.42. The molecule has 2 heterocycles. The second-order valence-corrected chi connectivity index (χ2v) is 5.28. The van der Waals surface area contributed by atoms with E-state index in [4.69, 9.17) is 0 Å². The van der Waals surface area contributed by atoms with Gasteiger partial charge in [-0.1, -0.05) is 0 Å². The van der Waals surface area contributed by atoms with Gasteiger partial charge < -0.3 is 15.3 Å². The van der Waals surface area contributed by atoms with Crippen LogP contribution in [0, 0.1) is 0 Å². The van der Waals surface area contributed by atoms with Gasteiger partial charge in [0, 0.05) is 19.3 Å². The van der Waals surface area contributed by atoms with E-state index in [1.54, 1.807) is 6.20 Å². The van der Waals surface area contributed by atoms with Crippen molar-refractivity contribution in [2.75, 3.05) is 29.9 Å². The first kappa shape index (κ1) is 13.5. The number of halogens is 1. The van der Waals surface area contributed by atoms with Crippen molar-refractivity contribution < 1.29 is 5.11 Å². The zero-order valence-electron chi connectivity index (χ0n) is 10.6. The van der Waals surface area contributed by atoms with Crippen molar-refractivity contribution in [1.82, 2.24) is 9.97 Å². The van der Waals surface area contributed by atoms with Gasteiger partial charge in [-0.2, -0.15) is 4.98 Å². The molecule has 2 N–H and O–H groups in total. The lowest BCUT2D eigenvalue weighted by Crippen LogP contribution is -2.42. The first-order chi connectivity index (χ1) is 8.76. The Hall–Kier alpha value is -0.880. The van der Waals surface area contributed by atoms with E-state index in [2.05, 4.69) is 36.1 Å². The fourth-order valence-electron chi connectivity index (χ4n) is 2.27. The van der Waals surface area contributed by atoms with E-state index in [1.807, 2.05) is 6.92 Å². The lowest BCUT2D eigenvalue weighted by atomic mass is 10.0. The summed E-state index contributed by atoms with van der Waals surface area (Å²) >= 11 is 3.50. The summed E-state index contributed by atoms with van der Waals surface area (Å²) in [6, 6.07) is 0.166. The third-order valence-electron chi connectivity index (χ3n) is 3.17. The molecule has 0 bridgehead atoms. The van der Waals surface area contributed by atoms with Gasteiger partial charge in [0.2, 0.25) is 5.95 Å². The van der Waals surface area contributed by atoms with Gasteiger partial charge >= 0.3 is 0 Å². The van der Waals surface area contributed by atoms with Crippen LogP contribution in [0.15, 0.2) is 10.7 Å². The first-order valence-electron chi connectivity index (χ1n) is 6.40. The molecule has 0 aliphatic carbocycles. The molecule has 6 heteroatoms. The maximum atomic E-state index is 9.47. The number of piperidine rings is 1. The first-order valence-corrected chi connectivity index (χ1v) is 7.19. The number of hydrogen-bond donors (Lipinski definition) is 2. The number of nitrogens with zero attached hydrogens (tertiary/aromatic N) is 3. The van der Waals surface area contributed by atoms with Crippen molar-refractivity contribution in [1.29, 1.82) is 0 Å². The van der Waals surface area contributed by atoms with Gasteiger partial charge in [-0.3, -0.25) is 0 Å². The molecule has 0 radical (unpaired) electrons. The number of nitrogens with one attached hydrogen (secondary N) is 1. The van der Waals surface area contributed by atoms with Crippen LogP contribution in [0.25, 0.3) is 0 Å². The van der Waals surface area contributed by atoms with E-state index in [1.165, 1.54) is 6.42 Å². The van der Waals surface area contributed by atoms with Crippen molar-refractivity contribution in [2.24, 2.45) is 0 Å². The lowest BCUT2D eigenvalue weighted by molar-refractivity contribution is 0.239. The summed E-state index contributed by atoms with van der Waals surface area (Å²) in [4.78, 5) is 10.9. The number of anilines is 2. The minimum atomic E-state index is 0.166. The number of aliphatic hydroxyl groups excluding tert-OH is 1. The minimum Gasteiger partial charge on any atom is -0.394 e. The molecular weight excluding hydrogens is 296 g/mol. The summed E-state index contributed by atoms with van der Waals surface area (Å²) in [6.45, 7) is 3.92. The molecule has 18 heavy (non-hydrogen) atoms. The van der Waals surface area contributed by atoms with Crippen molar-refractivity contribution in [3.63, 3.8) is 0 Å². The Morgan fingerprint density at radius 3 is 3.11 bits per heavy atom. The van der Waals surface area contributed by atoms with Crippen molar-refractivity contribution >= 4 is 27.7 Å². The number of aromatic nitrogens is 2. The van der Waals surface area contributed by atoms with E-state index in [9.17, 15) is 5.11 Å². The van der Waals surface area contributed by atoms with Gasteiger partial charge in [-0.15, -0.1) is 0 Å². The highest BCUT2D eigenvalue weighted by Crippen LogP contribution is 2.29. The molecule has 0 aromatic carbocycles. The van der Waals surface area contributed by atoms with Crippen LogP contribution in [0.3, 0.4) is 0 Å². The smallest absolute Gasteiger partial charge is 0.224 e. The molecule has 0 amide bonds. The maximum absolute atomic E-state index is 9.47. The fourth-order valence-corrected chi connectivity index (χ4v) is 2.69. The van der Waals surface area contributed by atoms with Gasteiger partial charge in [0.25, 0.3) is 0 Å². The van der Waals surface area contributed by atoms with Gasteiger partial charge in [0.05, 0.1) is 17.1 Å². The molecule has 0 spiro atoms. The molecular formula is C12H19BrN4O. The highest BCUT2D eigenvalue weighted by molar-refractivity contribution is 9.10. The summed E-state index contributed by atoms with van der Waals surface area (Å²) in [5.41, 5.74) is 0. The van der Waals surface area contributed by atoms with Crippen LogP contribution in [-0.2, 0) is 0 Å². The van der Waals surface area contributed by atoms with Gasteiger partial charge in [0.1, 0.15) is 5.82 Å². The van der Waals surface area contributed by atoms with Crippen LogP contribution in [0.2, 0.25) is 0 Å². The normalized spacial score (nSPS) is 19.9. The van der Waals surface area contributed by atoms with Gasteiger partial charge in [0.15, 0.2) is 0 Å². The lowest BCUT2D eigenvalue weighted by Gasteiger charge is -2.36. The third kappa shape index (κ3) is 2.92. The monoisotopic (exact) mass is 314 g/mol. The Labute approximate surface area is 116 Å². The van der Waals surface area contributed by atoms with Crippen LogP contribution < -0.4 is 10.2 Å². The average Bonchev–Trinajstić information content (AvgIpc) is 2.41. The quantitative estimate of drug-likeness (QED) is 0.890. The predicted molar refractivity (Wildman–Crippen MR) is 76.0 cm³/mol. The van der Waals surface area contributed by atoms with Crippen molar-refractivity contribution in [2.45, 2.75) is 32.2 Å².